The fourth-order valence-corrected chi connectivity index (χ4v) is 2.72. The zero-order valence-corrected chi connectivity index (χ0v) is 12.3. The van der Waals surface area contributed by atoms with Crippen molar-refractivity contribution < 1.29 is 23.1 Å². The molecule has 1 aromatic rings. The molecule has 0 amide bonds. The number of hydrogen-bond acceptors (Lipinski definition) is 4. The Morgan fingerprint density at radius 1 is 1.35 bits per heavy atom. The van der Waals surface area contributed by atoms with Gasteiger partial charge in [-0.3, -0.25) is 4.79 Å². The molecule has 112 valence electrons. The van der Waals surface area contributed by atoms with Crippen LogP contribution in [0, 0.1) is 6.92 Å². The van der Waals surface area contributed by atoms with Gasteiger partial charge in [0, 0.05) is 0 Å². The van der Waals surface area contributed by atoms with Gasteiger partial charge in [0.15, 0.2) is 0 Å². The molecule has 0 saturated carbocycles. The van der Waals surface area contributed by atoms with Crippen LogP contribution in [0.4, 0.5) is 0 Å². The number of carboxylic acid groups (broad SMARTS) is 1. The van der Waals surface area contributed by atoms with Crippen LogP contribution in [-0.4, -0.2) is 37.9 Å². The van der Waals surface area contributed by atoms with Gasteiger partial charge in [-0.05, 0) is 26.0 Å². The van der Waals surface area contributed by atoms with Crippen LogP contribution in [-0.2, 0) is 14.8 Å². The van der Waals surface area contributed by atoms with Crippen molar-refractivity contribution in [2.24, 2.45) is 0 Å². The van der Waals surface area contributed by atoms with Crippen molar-refractivity contribution in [3.63, 3.8) is 0 Å². The summed E-state index contributed by atoms with van der Waals surface area (Å²) in [5.74, 6) is -0.914. The predicted octanol–water partition coefficient (Wildman–Crippen LogP) is 1.16. The third-order valence-corrected chi connectivity index (χ3v) is 3.99. The third-order valence-electron chi connectivity index (χ3n) is 2.49. The molecule has 0 bridgehead atoms. The van der Waals surface area contributed by atoms with Crippen molar-refractivity contribution >= 4 is 16.0 Å². The van der Waals surface area contributed by atoms with Crippen molar-refractivity contribution in [3.8, 4) is 5.75 Å². The number of aliphatic carboxylic acids is 1. The SMILES string of the molecule is Cc1ccc(OCC(C)NS(=O)(=O)CCC(=O)O)cc1. The quantitative estimate of drug-likeness (QED) is 0.751. The summed E-state index contributed by atoms with van der Waals surface area (Å²) in [6.07, 6.45) is -0.416. The lowest BCUT2D eigenvalue weighted by Gasteiger charge is -2.15. The maximum absolute atomic E-state index is 11.6. The number of aryl methyl sites for hydroxylation is 1. The fourth-order valence-electron chi connectivity index (χ4n) is 1.48. The van der Waals surface area contributed by atoms with E-state index >= 15 is 0 Å². The molecule has 1 aromatic carbocycles. The molecule has 2 N–H and O–H groups in total. The van der Waals surface area contributed by atoms with Gasteiger partial charge in [-0.25, -0.2) is 13.1 Å². The lowest BCUT2D eigenvalue weighted by atomic mass is 10.2. The number of hydrogen-bond donors (Lipinski definition) is 2. The number of ether oxygens (including phenoxy) is 1. The van der Waals surface area contributed by atoms with Crippen LogP contribution in [0.25, 0.3) is 0 Å². The largest absolute Gasteiger partial charge is 0.492 e. The van der Waals surface area contributed by atoms with Crippen LogP contribution in [0.2, 0.25) is 0 Å². The van der Waals surface area contributed by atoms with E-state index in [9.17, 15) is 13.2 Å². The fraction of sp³-hybridized carbons (Fsp3) is 0.462. The first-order chi connectivity index (χ1) is 9.28. The van der Waals surface area contributed by atoms with Crippen LogP contribution in [0.15, 0.2) is 24.3 Å². The Bertz CT molecular complexity index is 538. The molecule has 1 unspecified atom stereocenters. The van der Waals surface area contributed by atoms with Crippen LogP contribution < -0.4 is 9.46 Å². The second-order valence-electron chi connectivity index (χ2n) is 4.61. The second-order valence-corrected chi connectivity index (χ2v) is 6.48. The van der Waals surface area contributed by atoms with Crippen molar-refractivity contribution in [1.29, 1.82) is 0 Å². The average molecular weight is 301 g/mol. The molecule has 0 heterocycles. The number of rotatable bonds is 8. The summed E-state index contributed by atoms with van der Waals surface area (Å²) >= 11 is 0. The van der Waals surface area contributed by atoms with Gasteiger partial charge in [-0.1, -0.05) is 17.7 Å². The molecule has 0 saturated heterocycles. The van der Waals surface area contributed by atoms with E-state index in [1.165, 1.54) is 0 Å². The molecule has 20 heavy (non-hydrogen) atoms. The molecule has 6 nitrogen and oxygen atoms in total. The lowest BCUT2D eigenvalue weighted by molar-refractivity contribution is -0.136. The zero-order chi connectivity index (χ0) is 15.2. The molecule has 1 rings (SSSR count). The smallest absolute Gasteiger partial charge is 0.304 e. The van der Waals surface area contributed by atoms with Gasteiger partial charge in [0.1, 0.15) is 12.4 Å². The van der Waals surface area contributed by atoms with E-state index in [1.54, 1.807) is 19.1 Å². The summed E-state index contributed by atoms with van der Waals surface area (Å²) in [5, 5.41) is 8.47. The highest BCUT2D eigenvalue weighted by atomic mass is 32.2. The van der Waals surface area contributed by atoms with Crippen molar-refractivity contribution in [3.05, 3.63) is 29.8 Å². The number of carbonyl (C=O) groups is 1. The lowest BCUT2D eigenvalue weighted by Crippen LogP contribution is -2.38. The van der Waals surface area contributed by atoms with Gasteiger partial charge in [-0.2, -0.15) is 0 Å². The Hall–Kier alpha value is -1.60. The van der Waals surface area contributed by atoms with E-state index in [0.29, 0.717) is 5.75 Å². The van der Waals surface area contributed by atoms with Crippen LogP contribution in [0.3, 0.4) is 0 Å². The van der Waals surface area contributed by atoms with Crippen LogP contribution in [0.5, 0.6) is 5.75 Å². The van der Waals surface area contributed by atoms with Gasteiger partial charge in [0.25, 0.3) is 0 Å². The molecule has 0 aliphatic heterocycles. The minimum Gasteiger partial charge on any atom is -0.492 e. The number of carboxylic acids is 1. The zero-order valence-electron chi connectivity index (χ0n) is 11.5. The van der Waals surface area contributed by atoms with E-state index < -0.39 is 34.2 Å². The van der Waals surface area contributed by atoms with Crippen LogP contribution >= 0.6 is 0 Å². The molecule has 0 fully saturated rings. The Balaban J connectivity index is 2.41. The molecule has 7 heteroatoms. The predicted molar refractivity (Wildman–Crippen MR) is 75.3 cm³/mol. The first-order valence-corrected chi connectivity index (χ1v) is 7.85. The summed E-state index contributed by atoms with van der Waals surface area (Å²) in [6.45, 7) is 3.80. The van der Waals surface area contributed by atoms with E-state index in [2.05, 4.69) is 4.72 Å². The molecule has 0 aromatic heterocycles. The summed E-state index contributed by atoms with van der Waals surface area (Å²) < 4.78 is 31.0. The van der Waals surface area contributed by atoms with Gasteiger partial charge in [0.2, 0.25) is 10.0 Å². The normalized spacial score (nSPS) is 12.9. The number of nitrogens with one attached hydrogen (secondary N) is 1. The number of benzene rings is 1. The Labute approximate surface area is 118 Å². The monoisotopic (exact) mass is 301 g/mol. The van der Waals surface area contributed by atoms with Gasteiger partial charge in [0.05, 0.1) is 18.2 Å². The topological polar surface area (TPSA) is 92.7 Å². The maximum atomic E-state index is 11.6. The Morgan fingerprint density at radius 3 is 2.50 bits per heavy atom. The molecule has 0 aliphatic rings. The van der Waals surface area contributed by atoms with Gasteiger partial charge >= 0.3 is 5.97 Å². The Morgan fingerprint density at radius 2 is 1.95 bits per heavy atom. The minimum atomic E-state index is -3.60. The Kier molecular flexibility index (Phi) is 5.97. The van der Waals surface area contributed by atoms with Crippen molar-refractivity contribution in [2.45, 2.75) is 26.3 Å². The first-order valence-electron chi connectivity index (χ1n) is 6.20. The van der Waals surface area contributed by atoms with Crippen LogP contribution in [0.1, 0.15) is 18.9 Å². The highest BCUT2D eigenvalue weighted by molar-refractivity contribution is 7.89. The second kappa shape index (κ2) is 7.25. The standard InChI is InChI=1S/C13H19NO5S/c1-10-3-5-12(6-4-10)19-9-11(2)14-20(17,18)8-7-13(15)16/h3-6,11,14H,7-9H2,1-2H3,(H,15,16). The highest BCUT2D eigenvalue weighted by Gasteiger charge is 2.16. The maximum Gasteiger partial charge on any atom is 0.304 e. The molecule has 1 atom stereocenters. The van der Waals surface area contributed by atoms with E-state index in [-0.39, 0.29) is 6.61 Å². The summed E-state index contributed by atoms with van der Waals surface area (Å²) in [6, 6.07) is 6.98. The third kappa shape index (κ3) is 6.53. The van der Waals surface area contributed by atoms with E-state index in [4.69, 9.17) is 9.84 Å². The molecule has 0 radical (unpaired) electrons. The van der Waals surface area contributed by atoms with E-state index in [0.717, 1.165) is 5.56 Å². The van der Waals surface area contributed by atoms with Crippen molar-refractivity contribution in [2.75, 3.05) is 12.4 Å². The molecular formula is C13H19NO5S. The molecule has 0 aliphatic carbocycles. The summed E-state index contributed by atoms with van der Waals surface area (Å²) in [5.41, 5.74) is 1.11. The number of sulfonamides is 1. The van der Waals surface area contributed by atoms with Gasteiger partial charge in [-0.15, -0.1) is 0 Å². The highest BCUT2D eigenvalue weighted by Crippen LogP contribution is 2.11. The molecule has 0 spiro atoms. The average Bonchev–Trinajstić information content (AvgIpc) is 2.35. The summed E-state index contributed by atoms with van der Waals surface area (Å²) in [7, 11) is -3.60. The minimum absolute atomic E-state index is 0.176. The van der Waals surface area contributed by atoms with Gasteiger partial charge < -0.3 is 9.84 Å². The summed E-state index contributed by atoms with van der Waals surface area (Å²) in [4.78, 5) is 10.4. The van der Waals surface area contributed by atoms with E-state index in [1.807, 2.05) is 19.1 Å². The molecular weight excluding hydrogens is 282 g/mol. The first kappa shape index (κ1) is 16.5. The van der Waals surface area contributed by atoms with Crippen molar-refractivity contribution in [1.82, 2.24) is 4.72 Å².